The number of halogens is 2. The Labute approximate surface area is 129 Å². The van der Waals surface area contributed by atoms with Crippen molar-refractivity contribution >= 4 is 11.6 Å². The Balaban J connectivity index is 2.22. The Morgan fingerprint density at radius 1 is 1.29 bits per heavy atom. The first-order chi connectivity index (χ1) is 9.83. The molecule has 0 aliphatic carbocycles. The number of pyridine rings is 1. The molecule has 0 saturated heterocycles. The molecule has 3 nitrogen and oxygen atoms in total. The van der Waals surface area contributed by atoms with E-state index in [-0.39, 0.29) is 11.4 Å². The lowest BCUT2D eigenvalue weighted by Crippen LogP contribution is -2.35. The molecule has 0 saturated carbocycles. The zero-order valence-corrected chi connectivity index (χ0v) is 13.0. The normalized spacial score (nSPS) is 11.5. The Kier molecular flexibility index (Phi) is 4.80. The van der Waals surface area contributed by atoms with Gasteiger partial charge in [0.1, 0.15) is 11.6 Å². The van der Waals surface area contributed by atoms with E-state index in [1.54, 1.807) is 24.3 Å². The molecule has 0 aliphatic heterocycles. The van der Waals surface area contributed by atoms with Crippen molar-refractivity contribution in [2.75, 3.05) is 0 Å². The highest BCUT2D eigenvalue weighted by Gasteiger charge is 2.13. The third kappa shape index (κ3) is 4.99. The van der Waals surface area contributed by atoms with Crippen molar-refractivity contribution in [2.24, 2.45) is 0 Å². The minimum atomic E-state index is -0.390. The summed E-state index contributed by atoms with van der Waals surface area (Å²) in [6, 6.07) is 8.43. The second-order valence-corrected chi connectivity index (χ2v) is 6.22. The van der Waals surface area contributed by atoms with Crippen molar-refractivity contribution in [3.05, 3.63) is 52.9 Å². The van der Waals surface area contributed by atoms with Crippen LogP contribution in [0.25, 0.3) is 0 Å². The van der Waals surface area contributed by atoms with E-state index in [1.165, 1.54) is 6.07 Å². The fraction of sp³-hybridized carbons (Fsp3) is 0.312. The van der Waals surface area contributed by atoms with Crippen LogP contribution in [0.4, 0.5) is 4.39 Å². The van der Waals surface area contributed by atoms with E-state index in [0.29, 0.717) is 28.8 Å². The second-order valence-electron chi connectivity index (χ2n) is 5.78. The van der Waals surface area contributed by atoms with Crippen LogP contribution in [0, 0.1) is 5.82 Å². The first-order valence-electron chi connectivity index (χ1n) is 6.66. The fourth-order valence-electron chi connectivity index (χ4n) is 1.69. The van der Waals surface area contributed by atoms with Gasteiger partial charge >= 0.3 is 0 Å². The molecule has 0 atom stereocenters. The zero-order valence-electron chi connectivity index (χ0n) is 12.3. The number of benzene rings is 1. The van der Waals surface area contributed by atoms with Crippen molar-refractivity contribution in [1.82, 2.24) is 10.3 Å². The van der Waals surface area contributed by atoms with Crippen molar-refractivity contribution < 1.29 is 9.13 Å². The molecule has 0 spiro atoms. The fourth-order valence-corrected chi connectivity index (χ4v) is 1.87. The lowest BCUT2D eigenvalue weighted by Gasteiger charge is -2.21. The number of hydrogen-bond donors (Lipinski definition) is 1. The maximum absolute atomic E-state index is 13.4. The summed E-state index contributed by atoms with van der Waals surface area (Å²) >= 11 is 5.92. The van der Waals surface area contributed by atoms with Crippen molar-refractivity contribution in [3.8, 4) is 11.6 Å². The molecule has 0 amide bonds. The van der Waals surface area contributed by atoms with Crippen molar-refractivity contribution in [1.29, 1.82) is 0 Å². The van der Waals surface area contributed by atoms with E-state index in [1.807, 2.05) is 20.8 Å². The van der Waals surface area contributed by atoms with Crippen LogP contribution < -0.4 is 10.1 Å². The van der Waals surface area contributed by atoms with Crippen LogP contribution in [0.15, 0.2) is 36.5 Å². The van der Waals surface area contributed by atoms with E-state index in [4.69, 9.17) is 16.3 Å². The van der Waals surface area contributed by atoms with E-state index < -0.39 is 0 Å². The molecule has 0 unspecified atom stereocenters. The first kappa shape index (κ1) is 15.7. The van der Waals surface area contributed by atoms with Crippen LogP contribution in [0.2, 0.25) is 5.02 Å². The van der Waals surface area contributed by atoms with Gasteiger partial charge in [-0.2, -0.15) is 0 Å². The maximum atomic E-state index is 13.4. The molecule has 1 aromatic heterocycles. The van der Waals surface area contributed by atoms with Crippen molar-refractivity contribution in [3.63, 3.8) is 0 Å². The lowest BCUT2D eigenvalue weighted by atomic mass is 10.1. The highest BCUT2D eigenvalue weighted by Crippen LogP contribution is 2.26. The number of ether oxygens (including phenoxy) is 1. The van der Waals surface area contributed by atoms with Crippen LogP contribution >= 0.6 is 11.6 Å². The van der Waals surface area contributed by atoms with Gasteiger partial charge in [-0.25, -0.2) is 9.37 Å². The average molecular weight is 309 g/mol. The van der Waals surface area contributed by atoms with Gasteiger partial charge in [0, 0.05) is 22.7 Å². The smallest absolute Gasteiger partial charge is 0.223 e. The van der Waals surface area contributed by atoms with Gasteiger partial charge in [0.25, 0.3) is 0 Å². The largest absolute Gasteiger partial charge is 0.439 e. The second kappa shape index (κ2) is 6.41. The van der Waals surface area contributed by atoms with Gasteiger partial charge in [0.15, 0.2) is 0 Å². The summed E-state index contributed by atoms with van der Waals surface area (Å²) in [5, 5.41) is 3.86. The SMILES string of the molecule is CC(C)(C)NCc1cc(F)cnc1Oc1cccc(Cl)c1. The topological polar surface area (TPSA) is 34.2 Å². The summed E-state index contributed by atoms with van der Waals surface area (Å²) in [7, 11) is 0. The molecule has 21 heavy (non-hydrogen) atoms. The minimum absolute atomic E-state index is 0.0837. The standard InChI is InChI=1S/C16H18ClFN2O/c1-16(2,3)20-9-11-7-13(18)10-19-15(11)21-14-6-4-5-12(17)8-14/h4-8,10,20H,9H2,1-3H3. The number of nitrogens with zero attached hydrogens (tertiary/aromatic N) is 1. The van der Waals surface area contributed by atoms with Gasteiger partial charge in [0.05, 0.1) is 6.20 Å². The zero-order chi connectivity index (χ0) is 15.5. The molecule has 5 heteroatoms. The highest BCUT2D eigenvalue weighted by atomic mass is 35.5. The molecule has 2 rings (SSSR count). The molecule has 1 N–H and O–H groups in total. The lowest BCUT2D eigenvalue weighted by molar-refractivity contribution is 0.407. The summed E-state index contributed by atoms with van der Waals surface area (Å²) in [5.74, 6) is 0.549. The third-order valence-electron chi connectivity index (χ3n) is 2.71. The Morgan fingerprint density at radius 2 is 2.05 bits per heavy atom. The average Bonchev–Trinajstić information content (AvgIpc) is 2.38. The molecule has 1 heterocycles. The molecule has 0 fully saturated rings. The molecule has 2 aromatic rings. The van der Waals surface area contributed by atoms with Gasteiger partial charge in [-0.1, -0.05) is 17.7 Å². The molecule has 1 aromatic carbocycles. The number of aromatic nitrogens is 1. The molecular weight excluding hydrogens is 291 g/mol. The van der Waals surface area contributed by atoms with Gasteiger partial charge in [0.2, 0.25) is 5.88 Å². The summed E-state index contributed by atoms with van der Waals surface area (Å²) in [4.78, 5) is 4.02. The Morgan fingerprint density at radius 3 is 2.71 bits per heavy atom. The van der Waals surface area contributed by atoms with Crippen molar-refractivity contribution in [2.45, 2.75) is 32.9 Å². The van der Waals surface area contributed by atoms with E-state index >= 15 is 0 Å². The summed E-state index contributed by atoms with van der Waals surface area (Å²) in [6.45, 7) is 6.58. The molecule has 0 aliphatic rings. The van der Waals surface area contributed by atoms with Crippen LogP contribution in [0.5, 0.6) is 11.6 Å². The highest BCUT2D eigenvalue weighted by molar-refractivity contribution is 6.30. The molecule has 0 radical (unpaired) electrons. The Bertz CT molecular complexity index is 626. The number of rotatable bonds is 4. The van der Waals surface area contributed by atoms with Gasteiger partial charge in [-0.05, 0) is 45.0 Å². The van der Waals surface area contributed by atoms with Gasteiger partial charge < -0.3 is 10.1 Å². The predicted octanol–water partition coefficient (Wildman–Crippen LogP) is 4.55. The molecular formula is C16H18ClFN2O. The predicted molar refractivity (Wildman–Crippen MR) is 82.3 cm³/mol. The van der Waals surface area contributed by atoms with E-state index in [2.05, 4.69) is 10.3 Å². The third-order valence-corrected chi connectivity index (χ3v) is 2.95. The van der Waals surface area contributed by atoms with Crippen LogP contribution in [-0.4, -0.2) is 10.5 Å². The van der Waals surface area contributed by atoms with E-state index in [0.717, 1.165) is 6.20 Å². The first-order valence-corrected chi connectivity index (χ1v) is 7.04. The number of nitrogens with one attached hydrogen (secondary N) is 1. The van der Waals surface area contributed by atoms with Gasteiger partial charge in [-0.3, -0.25) is 0 Å². The molecule has 112 valence electrons. The van der Waals surface area contributed by atoms with E-state index in [9.17, 15) is 4.39 Å². The quantitative estimate of drug-likeness (QED) is 0.899. The minimum Gasteiger partial charge on any atom is -0.439 e. The summed E-state index contributed by atoms with van der Waals surface area (Å²) in [5.41, 5.74) is 0.574. The Hall–Kier alpha value is -1.65. The van der Waals surface area contributed by atoms with Crippen LogP contribution in [0.3, 0.4) is 0 Å². The molecule has 0 bridgehead atoms. The summed E-state index contributed by atoms with van der Waals surface area (Å²) in [6.07, 6.45) is 1.14. The van der Waals surface area contributed by atoms with Gasteiger partial charge in [-0.15, -0.1) is 0 Å². The monoisotopic (exact) mass is 308 g/mol. The van der Waals surface area contributed by atoms with Crippen LogP contribution in [-0.2, 0) is 6.54 Å². The number of hydrogen-bond acceptors (Lipinski definition) is 3. The maximum Gasteiger partial charge on any atom is 0.223 e. The van der Waals surface area contributed by atoms with Crippen LogP contribution in [0.1, 0.15) is 26.3 Å². The summed E-state index contributed by atoms with van der Waals surface area (Å²) < 4.78 is 19.1.